The standard InChI is InChI=1S/C41H76N2O5/c1-5-7-9-11-13-21-29-37-47-40(45)32-23-17-15-19-26-35-43(39(44)31-25-28-34-42(3)4)36-27-20-16-18-24-33-41(46)48-38-30-22-14-12-10-8-6-2/h21-22,29-30H,5-20,23-28,31-38H2,1-4H3/b29-21-,30-22-. The number of esters is 2. The van der Waals surface area contributed by atoms with Crippen molar-refractivity contribution in [3.63, 3.8) is 0 Å². The molecule has 0 heterocycles. The van der Waals surface area contributed by atoms with Gasteiger partial charge in [-0.15, -0.1) is 0 Å². The number of nitrogens with zero attached hydrogens (tertiary/aromatic N) is 2. The van der Waals surface area contributed by atoms with Gasteiger partial charge in [-0.1, -0.05) is 115 Å². The molecule has 0 N–H and O–H groups in total. The van der Waals surface area contributed by atoms with Crippen molar-refractivity contribution >= 4 is 17.8 Å². The molecule has 0 bridgehead atoms. The fraction of sp³-hybridized carbons (Fsp3) is 0.829. The van der Waals surface area contributed by atoms with Crippen LogP contribution < -0.4 is 0 Å². The topological polar surface area (TPSA) is 76.1 Å². The minimum absolute atomic E-state index is 0.104. The summed E-state index contributed by atoms with van der Waals surface area (Å²) in [7, 11) is 4.15. The molecule has 0 aliphatic heterocycles. The smallest absolute Gasteiger partial charge is 0.306 e. The van der Waals surface area contributed by atoms with Gasteiger partial charge in [0.25, 0.3) is 0 Å². The molecule has 0 aliphatic carbocycles. The molecule has 48 heavy (non-hydrogen) atoms. The molecule has 7 nitrogen and oxygen atoms in total. The molecule has 7 heteroatoms. The third kappa shape index (κ3) is 33.7. The van der Waals surface area contributed by atoms with E-state index in [0.717, 1.165) is 110 Å². The first-order valence-electron chi connectivity index (χ1n) is 19.9. The SMILES string of the molecule is CCCCCC/C=C\COC(=O)CCCCCCCN(CCCCCCCC(=O)OC/C=C\CCCCCC)C(=O)CCCCN(C)C. The Morgan fingerprint density at radius 1 is 0.458 bits per heavy atom. The van der Waals surface area contributed by atoms with Gasteiger partial charge in [0, 0.05) is 32.4 Å². The lowest BCUT2D eigenvalue weighted by Crippen LogP contribution is -2.33. The highest BCUT2D eigenvalue weighted by Crippen LogP contribution is 2.12. The summed E-state index contributed by atoms with van der Waals surface area (Å²) in [4.78, 5) is 41.3. The summed E-state index contributed by atoms with van der Waals surface area (Å²) in [5, 5.41) is 0. The first-order valence-corrected chi connectivity index (χ1v) is 19.9. The number of rotatable bonds is 35. The summed E-state index contributed by atoms with van der Waals surface area (Å²) in [5.41, 5.74) is 0. The predicted molar refractivity (Wildman–Crippen MR) is 202 cm³/mol. The number of hydrogen-bond donors (Lipinski definition) is 0. The summed E-state index contributed by atoms with van der Waals surface area (Å²) < 4.78 is 10.7. The highest BCUT2D eigenvalue weighted by atomic mass is 16.5. The molecule has 0 radical (unpaired) electrons. The Bertz CT molecular complexity index is 759. The van der Waals surface area contributed by atoms with Crippen LogP contribution in [0.1, 0.15) is 174 Å². The Morgan fingerprint density at radius 2 is 0.854 bits per heavy atom. The van der Waals surface area contributed by atoms with Crippen molar-refractivity contribution < 1.29 is 23.9 Å². The lowest BCUT2D eigenvalue weighted by atomic mass is 10.1. The number of amides is 1. The molecular formula is C41H76N2O5. The summed E-state index contributed by atoms with van der Waals surface area (Å²) in [6.45, 7) is 7.86. The van der Waals surface area contributed by atoms with Crippen molar-refractivity contribution in [1.29, 1.82) is 0 Å². The van der Waals surface area contributed by atoms with Crippen LogP contribution in [0.25, 0.3) is 0 Å². The minimum atomic E-state index is -0.104. The number of allylic oxidation sites excluding steroid dienone is 2. The van der Waals surface area contributed by atoms with E-state index >= 15 is 0 Å². The van der Waals surface area contributed by atoms with Crippen LogP contribution >= 0.6 is 0 Å². The molecule has 0 unspecified atom stereocenters. The van der Waals surface area contributed by atoms with Crippen LogP contribution in [0.4, 0.5) is 0 Å². The first-order chi connectivity index (χ1) is 23.4. The van der Waals surface area contributed by atoms with Crippen LogP contribution in [0.5, 0.6) is 0 Å². The molecular weight excluding hydrogens is 600 g/mol. The monoisotopic (exact) mass is 677 g/mol. The quantitative estimate of drug-likeness (QED) is 0.0378. The van der Waals surface area contributed by atoms with Crippen LogP contribution in [0.3, 0.4) is 0 Å². The van der Waals surface area contributed by atoms with Crippen molar-refractivity contribution in [3.05, 3.63) is 24.3 Å². The summed E-state index contributed by atoms with van der Waals surface area (Å²) in [6, 6.07) is 0. The molecule has 0 rings (SSSR count). The molecule has 0 aromatic carbocycles. The maximum absolute atomic E-state index is 13.0. The van der Waals surface area contributed by atoms with Gasteiger partial charge >= 0.3 is 11.9 Å². The van der Waals surface area contributed by atoms with E-state index in [4.69, 9.17) is 9.47 Å². The lowest BCUT2D eigenvalue weighted by Gasteiger charge is -2.23. The zero-order valence-electron chi connectivity index (χ0n) is 32.0. The zero-order valence-corrected chi connectivity index (χ0v) is 32.0. The largest absolute Gasteiger partial charge is 0.461 e. The second-order valence-corrected chi connectivity index (χ2v) is 13.7. The second kappa shape index (κ2) is 36.1. The molecule has 0 fully saturated rings. The van der Waals surface area contributed by atoms with E-state index in [-0.39, 0.29) is 17.8 Å². The summed E-state index contributed by atoms with van der Waals surface area (Å²) in [5.74, 6) is 0.0740. The number of hydrogen-bond acceptors (Lipinski definition) is 6. The van der Waals surface area contributed by atoms with Crippen LogP contribution in [0, 0.1) is 0 Å². The number of unbranched alkanes of at least 4 members (excludes halogenated alkanes) is 17. The van der Waals surface area contributed by atoms with Crippen molar-refractivity contribution in [2.24, 2.45) is 0 Å². The van der Waals surface area contributed by atoms with E-state index in [9.17, 15) is 14.4 Å². The minimum Gasteiger partial charge on any atom is -0.461 e. The molecule has 0 saturated heterocycles. The van der Waals surface area contributed by atoms with Gasteiger partial charge in [-0.25, -0.2) is 0 Å². The van der Waals surface area contributed by atoms with Gasteiger partial charge in [0.05, 0.1) is 0 Å². The maximum atomic E-state index is 13.0. The van der Waals surface area contributed by atoms with Crippen molar-refractivity contribution in [2.75, 3.05) is 46.9 Å². The third-order valence-corrected chi connectivity index (χ3v) is 8.68. The molecule has 0 saturated carbocycles. The Balaban J connectivity index is 4.12. The summed E-state index contributed by atoms with van der Waals surface area (Å²) in [6.07, 6.45) is 34.0. The van der Waals surface area contributed by atoms with Gasteiger partial charge in [-0.2, -0.15) is 0 Å². The fourth-order valence-electron chi connectivity index (χ4n) is 5.60. The average molecular weight is 677 g/mol. The van der Waals surface area contributed by atoms with Gasteiger partial charge < -0.3 is 19.3 Å². The first kappa shape index (κ1) is 45.9. The van der Waals surface area contributed by atoms with E-state index in [1.807, 2.05) is 12.2 Å². The third-order valence-electron chi connectivity index (χ3n) is 8.68. The van der Waals surface area contributed by atoms with Crippen molar-refractivity contribution in [1.82, 2.24) is 9.80 Å². The molecule has 280 valence electrons. The van der Waals surface area contributed by atoms with E-state index in [1.165, 1.54) is 51.4 Å². The molecule has 0 spiro atoms. The zero-order chi connectivity index (χ0) is 35.3. The van der Waals surface area contributed by atoms with E-state index < -0.39 is 0 Å². The fourth-order valence-corrected chi connectivity index (χ4v) is 5.60. The Kier molecular flexibility index (Phi) is 34.5. The lowest BCUT2D eigenvalue weighted by molar-refractivity contribution is -0.143. The molecule has 1 amide bonds. The molecule has 0 aromatic rings. The molecule has 0 aromatic heterocycles. The number of ether oxygens (including phenoxy) is 2. The van der Waals surface area contributed by atoms with Crippen LogP contribution in [-0.4, -0.2) is 74.6 Å². The maximum Gasteiger partial charge on any atom is 0.306 e. The van der Waals surface area contributed by atoms with Gasteiger partial charge in [0.1, 0.15) is 13.2 Å². The van der Waals surface area contributed by atoms with Gasteiger partial charge in [0.2, 0.25) is 5.91 Å². The van der Waals surface area contributed by atoms with Gasteiger partial charge in [-0.05, 0) is 84.8 Å². The molecule has 0 atom stereocenters. The Morgan fingerprint density at radius 3 is 1.31 bits per heavy atom. The van der Waals surface area contributed by atoms with E-state index in [1.54, 1.807) is 0 Å². The Labute approximate surface area is 296 Å². The van der Waals surface area contributed by atoms with E-state index in [0.29, 0.717) is 32.5 Å². The number of carbonyl (C=O) groups is 3. The van der Waals surface area contributed by atoms with Crippen molar-refractivity contribution in [3.8, 4) is 0 Å². The normalized spacial score (nSPS) is 11.6. The van der Waals surface area contributed by atoms with Crippen LogP contribution in [0.15, 0.2) is 24.3 Å². The van der Waals surface area contributed by atoms with Crippen molar-refractivity contribution in [2.45, 2.75) is 174 Å². The highest BCUT2D eigenvalue weighted by molar-refractivity contribution is 5.76. The van der Waals surface area contributed by atoms with Crippen LogP contribution in [0.2, 0.25) is 0 Å². The Hall–Kier alpha value is -2.15. The average Bonchev–Trinajstić information content (AvgIpc) is 3.07. The van der Waals surface area contributed by atoms with Crippen LogP contribution in [-0.2, 0) is 23.9 Å². The van der Waals surface area contributed by atoms with E-state index in [2.05, 4.69) is 49.9 Å². The number of carbonyl (C=O) groups excluding carboxylic acids is 3. The summed E-state index contributed by atoms with van der Waals surface area (Å²) >= 11 is 0. The molecule has 0 aliphatic rings. The predicted octanol–water partition coefficient (Wildman–Crippen LogP) is 10.4. The highest BCUT2D eigenvalue weighted by Gasteiger charge is 2.13. The van der Waals surface area contributed by atoms with Gasteiger partial charge in [-0.3, -0.25) is 14.4 Å². The second-order valence-electron chi connectivity index (χ2n) is 13.7. The van der Waals surface area contributed by atoms with Gasteiger partial charge in [0.15, 0.2) is 0 Å².